The Morgan fingerprint density at radius 1 is 1.62 bits per heavy atom. The van der Waals surface area contributed by atoms with Crippen LogP contribution in [0.25, 0.3) is 0 Å². The van der Waals surface area contributed by atoms with Gasteiger partial charge in [0.25, 0.3) is 0 Å². The number of phenolic OH excluding ortho intramolecular Hbond substituents is 1. The number of nitro groups is 1. The summed E-state index contributed by atoms with van der Waals surface area (Å²) in [4.78, 5) is 21.2. The van der Waals surface area contributed by atoms with Crippen molar-refractivity contribution < 1.29 is 24.7 Å². The lowest BCUT2D eigenvalue weighted by molar-refractivity contribution is -0.386. The van der Waals surface area contributed by atoms with Crippen LogP contribution in [0.1, 0.15) is 17.9 Å². The highest BCUT2D eigenvalue weighted by molar-refractivity contribution is 7.99. The number of ether oxygens (including phenoxy) is 1. The van der Waals surface area contributed by atoms with Gasteiger partial charge in [-0.25, -0.2) is 0 Å². The van der Waals surface area contributed by atoms with Crippen LogP contribution in [0.3, 0.4) is 0 Å². The Morgan fingerprint density at radius 3 is 2.86 bits per heavy atom. The number of nitrogens with zero attached hydrogens (tertiary/aromatic N) is 1. The topological polar surface area (TPSA) is 122 Å². The van der Waals surface area contributed by atoms with Gasteiger partial charge in [0, 0.05) is 11.8 Å². The molecule has 1 saturated heterocycles. The molecule has 9 heteroatoms. The fourth-order valence-corrected chi connectivity index (χ4v) is 3.19. The molecule has 1 heterocycles. The molecule has 0 aromatic heterocycles. The zero-order chi connectivity index (χ0) is 15.6. The smallest absolute Gasteiger partial charge is 0.321 e. The quantitative estimate of drug-likeness (QED) is 0.552. The maximum atomic E-state index is 11.0. The van der Waals surface area contributed by atoms with Gasteiger partial charge in [0.15, 0.2) is 5.75 Å². The normalized spacial score (nSPS) is 21.2. The van der Waals surface area contributed by atoms with E-state index in [9.17, 15) is 20.0 Å². The molecule has 0 unspecified atom stereocenters. The summed E-state index contributed by atoms with van der Waals surface area (Å²) in [6.45, 7) is 1.94. The molecule has 8 nitrogen and oxygen atoms in total. The van der Waals surface area contributed by atoms with Crippen LogP contribution in [-0.4, -0.2) is 39.5 Å². The van der Waals surface area contributed by atoms with Crippen molar-refractivity contribution in [2.45, 2.75) is 18.3 Å². The van der Waals surface area contributed by atoms with Crippen molar-refractivity contribution >= 4 is 23.4 Å². The summed E-state index contributed by atoms with van der Waals surface area (Å²) in [6.07, 6.45) is 0. The van der Waals surface area contributed by atoms with Crippen molar-refractivity contribution in [2.75, 3.05) is 12.4 Å². The van der Waals surface area contributed by atoms with E-state index in [1.807, 2.05) is 0 Å². The van der Waals surface area contributed by atoms with Gasteiger partial charge >= 0.3 is 11.7 Å². The Labute approximate surface area is 124 Å². The minimum atomic E-state index is -0.969. The Morgan fingerprint density at radius 2 is 2.33 bits per heavy atom. The van der Waals surface area contributed by atoms with Crippen molar-refractivity contribution in [3.63, 3.8) is 0 Å². The number of nitrogens with one attached hydrogen (secondary N) is 1. The highest BCUT2D eigenvalue weighted by atomic mass is 32.2. The van der Waals surface area contributed by atoms with E-state index in [-0.39, 0.29) is 12.4 Å². The number of rotatable bonds is 5. The number of hydrogen-bond donors (Lipinski definition) is 3. The molecular formula is C12H14N2O6S. The van der Waals surface area contributed by atoms with Crippen LogP contribution in [0, 0.1) is 10.1 Å². The summed E-state index contributed by atoms with van der Waals surface area (Å²) >= 11 is 1.33. The number of nitro benzene ring substituents is 1. The molecule has 2 atom stereocenters. The van der Waals surface area contributed by atoms with E-state index in [0.29, 0.717) is 11.3 Å². The van der Waals surface area contributed by atoms with Crippen molar-refractivity contribution in [3.8, 4) is 11.5 Å². The fourth-order valence-electron chi connectivity index (χ4n) is 1.98. The van der Waals surface area contributed by atoms with E-state index in [0.717, 1.165) is 0 Å². The SMILES string of the molecule is CCOc1cc([C@@H]2N[C@@H](C(=O)O)CS2)cc([N+](=O)[O-])c1O. The first-order valence-electron chi connectivity index (χ1n) is 6.18. The molecule has 1 fully saturated rings. The first-order valence-corrected chi connectivity index (χ1v) is 7.23. The van der Waals surface area contributed by atoms with Crippen LogP contribution in [0.2, 0.25) is 0 Å². The van der Waals surface area contributed by atoms with Gasteiger partial charge in [0.05, 0.1) is 16.9 Å². The number of benzene rings is 1. The average molecular weight is 314 g/mol. The lowest BCUT2D eigenvalue weighted by Crippen LogP contribution is -2.33. The molecule has 3 N–H and O–H groups in total. The zero-order valence-electron chi connectivity index (χ0n) is 11.1. The average Bonchev–Trinajstić information content (AvgIpc) is 2.90. The summed E-state index contributed by atoms with van der Waals surface area (Å²) in [5, 5.41) is 32.2. The zero-order valence-corrected chi connectivity index (χ0v) is 11.9. The van der Waals surface area contributed by atoms with E-state index in [2.05, 4.69) is 5.32 Å². The maximum absolute atomic E-state index is 11.0. The second kappa shape index (κ2) is 6.19. The van der Waals surface area contributed by atoms with Gasteiger partial charge in [-0.1, -0.05) is 0 Å². The third-order valence-electron chi connectivity index (χ3n) is 2.96. The van der Waals surface area contributed by atoms with Crippen LogP contribution >= 0.6 is 11.8 Å². The number of carbonyl (C=O) groups is 1. The van der Waals surface area contributed by atoms with E-state index in [1.165, 1.54) is 23.9 Å². The largest absolute Gasteiger partial charge is 0.500 e. The van der Waals surface area contributed by atoms with Crippen molar-refractivity contribution in [2.24, 2.45) is 0 Å². The lowest BCUT2D eigenvalue weighted by atomic mass is 10.1. The van der Waals surface area contributed by atoms with E-state index in [4.69, 9.17) is 9.84 Å². The minimum absolute atomic E-state index is 0.0166. The van der Waals surface area contributed by atoms with E-state index in [1.54, 1.807) is 6.92 Å². The van der Waals surface area contributed by atoms with Crippen LogP contribution in [0.4, 0.5) is 5.69 Å². The number of aliphatic carboxylic acids is 1. The van der Waals surface area contributed by atoms with Crippen LogP contribution in [0.5, 0.6) is 11.5 Å². The number of hydrogen-bond acceptors (Lipinski definition) is 7. The molecule has 114 valence electrons. The molecule has 2 rings (SSSR count). The van der Waals surface area contributed by atoms with E-state index >= 15 is 0 Å². The highest BCUT2D eigenvalue weighted by Crippen LogP contribution is 2.42. The van der Waals surface area contributed by atoms with Gasteiger partial charge in [-0.05, 0) is 18.6 Å². The number of carboxylic acids is 1. The van der Waals surface area contributed by atoms with Gasteiger partial charge in [-0.3, -0.25) is 20.2 Å². The molecule has 0 spiro atoms. The molecule has 0 radical (unpaired) electrons. The Hall–Kier alpha value is -2.00. The Kier molecular flexibility index (Phi) is 4.53. The first-order chi connectivity index (χ1) is 9.93. The third kappa shape index (κ3) is 3.19. The van der Waals surface area contributed by atoms with Crippen LogP contribution in [0.15, 0.2) is 12.1 Å². The minimum Gasteiger partial charge on any atom is -0.500 e. The van der Waals surface area contributed by atoms with Gasteiger partial charge < -0.3 is 14.9 Å². The molecule has 21 heavy (non-hydrogen) atoms. The molecule has 0 saturated carbocycles. The molecular weight excluding hydrogens is 300 g/mol. The summed E-state index contributed by atoms with van der Waals surface area (Å²) in [6, 6.07) is 2.01. The van der Waals surface area contributed by atoms with Crippen LogP contribution < -0.4 is 10.1 Å². The number of carboxylic acid groups (broad SMARTS) is 1. The molecule has 1 aliphatic heterocycles. The lowest BCUT2D eigenvalue weighted by Gasteiger charge is -2.14. The monoisotopic (exact) mass is 314 g/mol. The van der Waals surface area contributed by atoms with Gasteiger partial charge in [-0.15, -0.1) is 11.8 Å². The van der Waals surface area contributed by atoms with Crippen molar-refractivity contribution in [3.05, 3.63) is 27.8 Å². The molecule has 1 aliphatic rings. The second-order valence-corrected chi connectivity index (χ2v) is 5.49. The maximum Gasteiger partial charge on any atom is 0.321 e. The van der Waals surface area contributed by atoms with Crippen molar-refractivity contribution in [1.29, 1.82) is 0 Å². The first kappa shape index (κ1) is 15.4. The third-order valence-corrected chi connectivity index (χ3v) is 4.22. The summed E-state index contributed by atoms with van der Waals surface area (Å²) in [5.74, 6) is -1.12. The molecule has 0 bridgehead atoms. The standard InChI is InChI=1S/C12H14N2O6S/c1-2-20-9-4-6(3-8(10(9)15)14(18)19)11-13-7(5-21-11)12(16)17/h3-4,7,11,13,15H,2,5H2,1H3,(H,16,17)/t7-,11-/m1/s1. The number of aromatic hydroxyl groups is 1. The summed E-state index contributed by atoms with van der Waals surface area (Å²) in [7, 11) is 0. The fraction of sp³-hybridized carbons (Fsp3) is 0.417. The molecule has 0 amide bonds. The Bertz CT molecular complexity index is 579. The summed E-state index contributed by atoms with van der Waals surface area (Å²) < 4.78 is 5.19. The molecule has 1 aromatic carbocycles. The van der Waals surface area contributed by atoms with Gasteiger partial charge in [0.2, 0.25) is 5.75 Å². The Balaban J connectivity index is 2.35. The highest BCUT2D eigenvalue weighted by Gasteiger charge is 2.32. The summed E-state index contributed by atoms with van der Waals surface area (Å²) in [5.41, 5.74) is 0.0359. The van der Waals surface area contributed by atoms with Crippen LogP contribution in [-0.2, 0) is 4.79 Å². The number of thioether (sulfide) groups is 1. The number of phenols is 1. The van der Waals surface area contributed by atoms with Gasteiger partial charge in [0.1, 0.15) is 6.04 Å². The molecule has 1 aromatic rings. The second-order valence-electron chi connectivity index (χ2n) is 4.35. The van der Waals surface area contributed by atoms with Gasteiger partial charge in [-0.2, -0.15) is 0 Å². The molecule has 0 aliphatic carbocycles. The predicted octanol–water partition coefficient (Wildman–Crippen LogP) is 1.49. The van der Waals surface area contributed by atoms with Crippen molar-refractivity contribution in [1.82, 2.24) is 5.32 Å². The van der Waals surface area contributed by atoms with E-state index < -0.39 is 33.7 Å². The predicted molar refractivity (Wildman–Crippen MR) is 75.7 cm³/mol.